The van der Waals surface area contributed by atoms with Crippen LogP contribution in [-0.2, 0) is 19.1 Å². The highest BCUT2D eigenvalue weighted by atomic mass is 35.5. The first-order chi connectivity index (χ1) is 22.0. The van der Waals surface area contributed by atoms with Gasteiger partial charge in [0.1, 0.15) is 20.8 Å². The molecule has 0 spiro atoms. The van der Waals surface area contributed by atoms with Gasteiger partial charge in [-0.05, 0) is 84.3 Å². The normalized spacial score (nSPS) is 31.0. The van der Waals surface area contributed by atoms with Crippen molar-refractivity contribution in [2.75, 3.05) is 13.1 Å². The van der Waals surface area contributed by atoms with Crippen LogP contribution in [-0.4, -0.2) is 72.8 Å². The number of hydrogen-bond acceptors (Lipinski definition) is 5. The molecule has 4 aliphatic rings. The Morgan fingerprint density at radius 2 is 1.26 bits per heavy atom. The molecule has 0 radical (unpaired) electrons. The number of rotatable bonds is 6. The zero-order chi connectivity index (χ0) is 34.4. The monoisotopic (exact) mass is 685 g/mol. The molecule has 2 saturated heterocycles. The number of benzene rings is 2. The van der Waals surface area contributed by atoms with E-state index >= 15 is 0 Å². The second-order valence-electron chi connectivity index (χ2n) is 14.4. The maximum Gasteiger partial charge on any atom is 0.408 e. The molecule has 254 valence electrons. The lowest BCUT2D eigenvalue weighted by Crippen LogP contribution is -2.59. The van der Waals surface area contributed by atoms with E-state index in [2.05, 4.69) is 5.32 Å². The molecule has 3 amide bonds. The maximum absolute atomic E-state index is 13.2. The molecule has 0 aromatic heterocycles. The summed E-state index contributed by atoms with van der Waals surface area (Å²) in [5.41, 5.74) is -0.500. The Balaban J connectivity index is 0.000000189. The molecule has 11 heteroatoms. The number of halogens is 2. The third-order valence-corrected chi connectivity index (χ3v) is 11.9. The summed E-state index contributed by atoms with van der Waals surface area (Å²) in [6, 6.07) is 19.2. The molecule has 2 aliphatic heterocycles. The van der Waals surface area contributed by atoms with Crippen molar-refractivity contribution in [2.24, 2.45) is 5.41 Å². The smallest absolute Gasteiger partial charge is 0.408 e. The number of aliphatic carboxylic acids is 1. The van der Waals surface area contributed by atoms with Crippen molar-refractivity contribution in [3.63, 3.8) is 0 Å². The Labute approximate surface area is 286 Å². The fourth-order valence-electron chi connectivity index (χ4n) is 7.85. The minimum atomic E-state index is -1.28. The van der Waals surface area contributed by atoms with E-state index in [-0.39, 0.29) is 30.4 Å². The van der Waals surface area contributed by atoms with Gasteiger partial charge in [-0.3, -0.25) is 14.4 Å². The van der Waals surface area contributed by atoms with E-state index < -0.39 is 38.4 Å². The Morgan fingerprint density at radius 1 is 0.787 bits per heavy atom. The third-order valence-electron chi connectivity index (χ3n) is 10.5. The van der Waals surface area contributed by atoms with Gasteiger partial charge in [0.15, 0.2) is 0 Å². The Bertz CT molecular complexity index is 1520. The number of ether oxygens (including phenoxy) is 1. The number of amides is 3. The van der Waals surface area contributed by atoms with Crippen molar-refractivity contribution in [3.05, 3.63) is 71.8 Å². The van der Waals surface area contributed by atoms with Crippen LogP contribution in [0.3, 0.4) is 0 Å². The topological polar surface area (TPSA) is 116 Å². The fourth-order valence-corrected chi connectivity index (χ4v) is 8.77. The van der Waals surface area contributed by atoms with Gasteiger partial charge in [-0.2, -0.15) is 0 Å². The predicted octanol–water partition coefficient (Wildman–Crippen LogP) is 6.84. The second-order valence-corrected chi connectivity index (χ2v) is 15.7. The number of hydrogen-bond donors (Lipinski definition) is 2. The summed E-state index contributed by atoms with van der Waals surface area (Å²) in [6.07, 6.45) is 3.10. The average molecular weight is 687 g/mol. The van der Waals surface area contributed by atoms with Crippen LogP contribution < -0.4 is 5.32 Å². The molecular weight excluding hydrogens is 641 g/mol. The number of fused-ring (bicyclic) bond motifs is 2. The van der Waals surface area contributed by atoms with Gasteiger partial charge in [-0.1, -0.05) is 60.7 Å². The standard InChI is InChI=1S/C20H27ClN2O3.C16H18ClNO3/c1-14(15-9-6-5-7-10-15)23-13-19(22-17(25)26-18(2,3)4)11-8-12-20(19,21)16(23)24;1-11(12-6-3-2-4-7-12)18-10-15(14(20)21)8-5-9-16(15,17)13(18)19/h5-7,9-10,14H,8,11-13H2,1-4H3,(H,22,25);2-4,6-7,11H,5,8-10H2,1H3,(H,20,21)/t14-,19-,20+;11-,15+,16+/m11/s1. The summed E-state index contributed by atoms with van der Waals surface area (Å²) in [5.74, 6) is -1.30. The zero-order valence-corrected chi connectivity index (χ0v) is 29.2. The van der Waals surface area contributed by atoms with E-state index in [9.17, 15) is 24.3 Å². The Morgan fingerprint density at radius 3 is 1.74 bits per heavy atom. The lowest BCUT2D eigenvalue weighted by molar-refractivity contribution is -0.149. The van der Waals surface area contributed by atoms with E-state index in [1.54, 1.807) is 9.80 Å². The number of carboxylic acids is 1. The van der Waals surface area contributed by atoms with E-state index in [1.807, 2.05) is 95.3 Å². The van der Waals surface area contributed by atoms with Gasteiger partial charge < -0.3 is 25.0 Å². The minimum Gasteiger partial charge on any atom is -0.481 e. The van der Waals surface area contributed by atoms with Crippen LogP contribution in [0.25, 0.3) is 0 Å². The minimum absolute atomic E-state index is 0.107. The molecule has 0 unspecified atom stereocenters. The lowest BCUT2D eigenvalue weighted by Gasteiger charge is -2.34. The lowest BCUT2D eigenvalue weighted by atomic mass is 9.80. The number of carbonyl (C=O) groups excluding carboxylic acids is 3. The van der Waals surface area contributed by atoms with Crippen molar-refractivity contribution in [3.8, 4) is 0 Å². The first kappa shape index (κ1) is 35.0. The van der Waals surface area contributed by atoms with E-state index in [0.29, 0.717) is 38.6 Å². The molecule has 4 fully saturated rings. The van der Waals surface area contributed by atoms with Crippen LogP contribution >= 0.6 is 23.2 Å². The molecule has 2 aromatic rings. The van der Waals surface area contributed by atoms with Crippen molar-refractivity contribution in [2.45, 2.75) is 106 Å². The molecule has 47 heavy (non-hydrogen) atoms. The first-order valence-electron chi connectivity index (χ1n) is 16.3. The number of carboxylic acid groups (broad SMARTS) is 1. The molecule has 2 saturated carbocycles. The van der Waals surface area contributed by atoms with Gasteiger partial charge in [0, 0.05) is 13.1 Å². The third kappa shape index (κ3) is 5.99. The van der Waals surface area contributed by atoms with Gasteiger partial charge in [0.2, 0.25) is 11.8 Å². The highest BCUT2D eigenvalue weighted by molar-refractivity contribution is 6.38. The van der Waals surface area contributed by atoms with E-state index in [0.717, 1.165) is 17.5 Å². The largest absolute Gasteiger partial charge is 0.481 e. The Kier molecular flexibility index (Phi) is 9.40. The first-order valence-corrected chi connectivity index (χ1v) is 17.1. The number of alkyl carbamates (subject to hydrolysis) is 1. The van der Waals surface area contributed by atoms with Crippen LogP contribution in [0.2, 0.25) is 0 Å². The summed E-state index contributed by atoms with van der Waals surface area (Å²) >= 11 is 13.4. The fraction of sp³-hybridized carbons (Fsp3) is 0.556. The summed E-state index contributed by atoms with van der Waals surface area (Å²) in [4.78, 5) is 51.2. The van der Waals surface area contributed by atoms with Crippen LogP contribution in [0, 0.1) is 5.41 Å². The summed E-state index contributed by atoms with van der Waals surface area (Å²) < 4.78 is 5.42. The zero-order valence-electron chi connectivity index (χ0n) is 27.7. The molecule has 2 N–H and O–H groups in total. The quantitative estimate of drug-likeness (QED) is 0.322. The predicted molar refractivity (Wildman–Crippen MR) is 180 cm³/mol. The maximum atomic E-state index is 13.2. The van der Waals surface area contributed by atoms with Gasteiger partial charge in [0.05, 0.1) is 17.6 Å². The molecule has 2 heterocycles. The highest BCUT2D eigenvalue weighted by Crippen LogP contribution is 2.58. The van der Waals surface area contributed by atoms with Gasteiger partial charge in [-0.25, -0.2) is 4.79 Å². The molecule has 6 rings (SSSR count). The van der Waals surface area contributed by atoms with Crippen LogP contribution in [0.15, 0.2) is 60.7 Å². The van der Waals surface area contributed by atoms with Crippen LogP contribution in [0.4, 0.5) is 4.79 Å². The van der Waals surface area contributed by atoms with Gasteiger partial charge >= 0.3 is 12.1 Å². The SMILES string of the molecule is C[C@H](c1ccccc1)N1C[C@]2(C(=O)O)CCC[C@]2(Cl)C1=O.C[C@H](c1ccccc1)N1C[C@]2(NC(=O)OC(C)(C)C)CCC[C@]2(Cl)C1=O. The average Bonchev–Trinajstić information content (AvgIpc) is 3.67. The highest BCUT2D eigenvalue weighted by Gasteiger charge is 2.70. The van der Waals surface area contributed by atoms with E-state index in [4.69, 9.17) is 27.9 Å². The molecule has 2 aliphatic carbocycles. The van der Waals surface area contributed by atoms with Crippen molar-refractivity contribution in [1.82, 2.24) is 15.1 Å². The molecular formula is C36H45Cl2N3O6. The summed E-state index contributed by atoms with van der Waals surface area (Å²) in [7, 11) is 0. The van der Waals surface area contributed by atoms with Crippen LogP contribution in [0.5, 0.6) is 0 Å². The number of nitrogens with one attached hydrogen (secondary N) is 1. The molecule has 6 atom stereocenters. The molecule has 9 nitrogen and oxygen atoms in total. The second kappa shape index (κ2) is 12.6. The summed E-state index contributed by atoms with van der Waals surface area (Å²) in [5, 5.41) is 12.6. The molecule has 2 aromatic carbocycles. The van der Waals surface area contributed by atoms with Crippen LogP contribution in [0.1, 0.15) is 96.4 Å². The number of carbonyl (C=O) groups is 4. The van der Waals surface area contributed by atoms with Crippen molar-refractivity contribution in [1.29, 1.82) is 0 Å². The number of likely N-dealkylation sites (tertiary alicyclic amines) is 2. The van der Waals surface area contributed by atoms with Crippen molar-refractivity contribution >= 4 is 47.1 Å². The van der Waals surface area contributed by atoms with Gasteiger partial charge in [0.25, 0.3) is 0 Å². The summed E-state index contributed by atoms with van der Waals surface area (Å²) in [6.45, 7) is 9.95. The van der Waals surface area contributed by atoms with Crippen molar-refractivity contribution < 1.29 is 29.0 Å². The number of nitrogens with zero attached hydrogens (tertiary/aromatic N) is 2. The number of alkyl halides is 2. The van der Waals surface area contributed by atoms with Gasteiger partial charge in [-0.15, -0.1) is 23.2 Å². The molecule has 0 bridgehead atoms. The van der Waals surface area contributed by atoms with E-state index in [1.165, 1.54) is 0 Å². The Hall–Kier alpha value is -3.30.